The number of carbonyl (C=O) groups excluding carboxylic acids is 2. The van der Waals surface area contributed by atoms with Crippen molar-refractivity contribution in [3.63, 3.8) is 0 Å². The predicted molar refractivity (Wildman–Crippen MR) is 119 cm³/mol. The van der Waals surface area contributed by atoms with Gasteiger partial charge in [-0.1, -0.05) is 18.2 Å². The summed E-state index contributed by atoms with van der Waals surface area (Å²) in [5.74, 6) is -0.853. The first-order valence-corrected chi connectivity index (χ1v) is 11.7. The van der Waals surface area contributed by atoms with E-state index in [4.69, 9.17) is 5.73 Å². The Hall–Kier alpha value is -3.08. The molecule has 3 aromatic rings. The minimum Gasteiger partial charge on any atom is -0.369 e. The summed E-state index contributed by atoms with van der Waals surface area (Å²) in [6.07, 6.45) is 0.0130. The second-order valence-electron chi connectivity index (χ2n) is 7.01. The van der Waals surface area contributed by atoms with E-state index < -0.39 is 15.9 Å². The maximum atomic E-state index is 12.5. The third-order valence-corrected chi connectivity index (χ3v) is 6.80. The van der Waals surface area contributed by atoms with Crippen LogP contribution in [-0.4, -0.2) is 25.2 Å². The topological polar surface area (TPSA) is 131 Å². The van der Waals surface area contributed by atoms with E-state index in [1.165, 1.54) is 11.3 Å². The number of carbonyl (C=O) groups is 2. The van der Waals surface area contributed by atoms with Crippen molar-refractivity contribution in [2.75, 3.05) is 5.32 Å². The van der Waals surface area contributed by atoms with Gasteiger partial charge in [0, 0.05) is 17.5 Å². The number of nitrogens with two attached hydrogens (primary N) is 1. The first-order chi connectivity index (χ1) is 14.6. The zero-order valence-electron chi connectivity index (χ0n) is 17.0. The minimum atomic E-state index is -3.64. The second kappa shape index (κ2) is 9.38. The number of hydrogen-bond donors (Lipinski definition) is 3. The third-order valence-electron chi connectivity index (χ3n) is 4.60. The molecule has 2 amide bonds. The Morgan fingerprint density at radius 1 is 1.06 bits per heavy atom. The maximum absolute atomic E-state index is 12.5. The Balaban J connectivity index is 1.60. The number of anilines is 1. The summed E-state index contributed by atoms with van der Waals surface area (Å²) >= 11 is 1.20. The largest absolute Gasteiger partial charge is 0.369 e. The Bertz CT molecular complexity index is 1220. The molecule has 0 saturated carbocycles. The van der Waals surface area contributed by atoms with Crippen LogP contribution in [0.1, 0.15) is 32.7 Å². The highest BCUT2D eigenvalue weighted by Crippen LogP contribution is 2.18. The molecule has 0 spiro atoms. The Morgan fingerprint density at radius 3 is 2.42 bits per heavy atom. The Kier molecular flexibility index (Phi) is 6.84. The quantitative estimate of drug-likeness (QED) is 0.477. The highest BCUT2D eigenvalue weighted by molar-refractivity contribution is 7.89. The maximum Gasteiger partial charge on any atom is 0.257 e. The van der Waals surface area contributed by atoms with Crippen LogP contribution < -0.4 is 15.8 Å². The average Bonchev–Trinajstić information content (AvgIpc) is 3.14. The van der Waals surface area contributed by atoms with Gasteiger partial charge in [0.25, 0.3) is 5.91 Å². The van der Waals surface area contributed by atoms with Gasteiger partial charge < -0.3 is 5.73 Å². The summed E-state index contributed by atoms with van der Waals surface area (Å²) in [5, 5.41) is 4.69. The molecule has 0 aliphatic carbocycles. The van der Waals surface area contributed by atoms with Gasteiger partial charge in [0.05, 0.1) is 17.0 Å². The number of benzene rings is 2. The van der Waals surface area contributed by atoms with E-state index in [9.17, 15) is 18.0 Å². The van der Waals surface area contributed by atoms with Crippen molar-refractivity contribution < 1.29 is 18.0 Å². The molecule has 10 heteroatoms. The lowest BCUT2D eigenvalue weighted by atomic mass is 10.1. The number of nitrogens with zero attached hydrogens (tertiary/aromatic N) is 1. The molecule has 1 aromatic heterocycles. The lowest BCUT2D eigenvalue weighted by Gasteiger charge is -2.09. The van der Waals surface area contributed by atoms with Crippen molar-refractivity contribution >= 4 is 38.3 Å². The molecule has 2 aromatic carbocycles. The van der Waals surface area contributed by atoms with Gasteiger partial charge in [0.1, 0.15) is 0 Å². The Labute approximate surface area is 184 Å². The molecule has 0 unspecified atom stereocenters. The lowest BCUT2D eigenvalue weighted by molar-refractivity contribution is -0.117. The van der Waals surface area contributed by atoms with Gasteiger partial charge in [-0.3, -0.25) is 14.9 Å². The molecule has 0 bridgehead atoms. The summed E-state index contributed by atoms with van der Waals surface area (Å²) in [7, 11) is -3.64. The second-order valence-corrected chi connectivity index (χ2v) is 9.63. The van der Waals surface area contributed by atoms with Crippen LogP contribution in [0.5, 0.6) is 0 Å². The van der Waals surface area contributed by atoms with Crippen LogP contribution in [0, 0.1) is 13.8 Å². The number of thiazole rings is 1. The molecule has 0 saturated heterocycles. The molecule has 8 nitrogen and oxygen atoms in total. The predicted octanol–water partition coefficient (Wildman–Crippen LogP) is 2.52. The number of aromatic nitrogens is 1. The zero-order chi connectivity index (χ0) is 22.6. The number of hydrogen-bond acceptors (Lipinski definition) is 6. The van der Waals surface area contributed by atoms with Crippen LogP contribution in [0.2, 0.25) is 0 Å². The van der Waals surface area contributed by atoms with Gasteiger partial charge in [-0.2, -0.15) is 0 Å². The molecule has 0 aliphatic rings. The molecular formula is C21H22N4O4S2. The number of nitrogens with one attached hydrogen (secondary N) is 2. The molecule has 0 fully saturated rings. The van der Waals surface area contributed by atoms with Crippen molar-refractivity contribution in [2.45, 2.75) is 31.7 Å². The fourth-order valence-electron chi connectivity index (χ4n) is 2.71. The van der Waals surface area contributed by atoms with E-state index in [1.54, 1.807) is 47.8 Å². The summed E-state index contributed by atoms with van der Waals surface area (Å²) < 4.78 is 27.6. The standard InChI is InChI=1S/C21H22N4O4S2/c1-13-3-8-18(9-14(13)2)31(28,29)23-11-15-4-6-16(7-5-15)20(27)25-21-24-17(12-30-21)10-19(22)26/h3-9,12,23H,10-11H2,1-2H3,(H2,22,26)(H,24,25,27). The normalized spacial score (nSPS) is 11.3. The lowest BCUT2D eigenvalue weighted by Crippen LogP contribution is -2.23. The number of sulfonamides is 1. The molecule has 0 atom stereocenters. The van der Waals surface area contributed by atoms with Gasteiger partial charge in [-0.05, 0) is 54.8 Å². The number of amides is 2. The highest BCUT2D eigenvalue weighted by atomic mass is 32.2. The van der Waals surface area contributed by atoms with Crippen LogP contribution in [0.25, 0.3) is 0 Å². The molecule has 0 aliphatic heterocycles. The molecule has 162 valence electrons. The highest BCUT2D eigenvalue weighted by Gasteiger charge is 2.15. The van der Waals surface area contributed by atoms with Crippen molar-refractivity contribution in [1.82, 2.24) is 9.71 Å². The van der Waals surface area contributed by atoms with Crippen LogP contribution in [-0.2, 0) is 27.8 Å². The molecule has 0 radical (unpaired) electrons. The van der Waals surface area contributed by atoms with E-state index in [0.29, 0.717) is 22.0 Å². The average molecular weight is 459 g/mol. The van der Waals surface area contributed by atoms with Crippen molar-refractivity contribution in [1.29, 1.82) is 0 Å². The van der Waals surface area contributed by atoms with Gasteiger partial charge in [-0.25, -0.2) is 18.1 Å². The number of primary amides is 1. The third kappa shape index (κ3) is 5.97. The monoisotopic (exact) mass is 458 g/mol. The van der Waals surface area contributed by atoms with Crippen LogP contribution in [0.15, 0.2) is 52.7 Å². The summed E-state index contributed by atoms with van der Waals surface area (Å²) in [6.45, 7) is 3.88. The van der Waals surface area contributed by atoms with Gasteiger partial charge in [0.15, 0.2) is 5.13 Å². The van der Waals surface area contributed by atoms with Crippen LogP contribution >= 0.6 is 11.3 Å². The van der Waals surface area contributed by atoms with E-state index in [2.05, 4.69) is 15.0 Å². The van der Waals surface area contributed by atoms with Gasteiger partial charge in [-0.15, -0.1) is 11.3 Å². The number of aryl methyl sites for hydroxylation is 2. The van der Waals surface area contributed by atoms with E-state index in [1.807, 2.05) is 13.8 Å². The fraction of sp³-hybridized carbons (Fsp3) is 0.190. The van der Waals surface area contributed by atoms with Crippen LogP contribution in [0.4, 0.5) is 5.13 Å². The van der Waals surface area contributed by atoms with Crippen molar-refractivity contribution in [2.24, 2.45) is 5.73 Å². The van der Waals surface area contributed by atoms with Crippen LogP contribution in [0.3, 0.4) is 0 Å². The Morgan fingerprint density at radius 2 is 1.77 bits per heavy atom. The fourth-order valence-corrected chi connectivity index (χ4v) is 4.52. The summed E-state index contributed by atoms with van der Waals surface area (Å²) in [5.41, 5.74) is 8.66. The van der Waals surface area contributed by atoms with E-state index in [-0.39, 0.29) is 23.8 Å². The first kappa shape index (κ1) is 22.6. The molecule has 1 heterocycles. The summed E-state index contributed by atoms with van der Waals surface area (Å²) in [6, 6.07) is 11.6. The van der Waals surface area contributed by atoms with Crippen molar-refractivity contribution in [3.8, 4) is 0 Å². The molecule has 31 heavy (non-hydrogen) atoms. The minimum absolute atomic E-state index is 0.0130. The zero-order valence-corrected chi connectivity index (χ0v) is 18.6. The van der Waals surface area contributed by atoms with Gasteiger partial charge >= 0.3 is 0 Å². The molecule has 4 N–H and O–H groups in total. The van der Waals surface area contributed by atoms with E-state index in [0.717, 1.165) is 11.1 Å². The van der Waals surface area contributed by atoms with Crippen molar-refractivity contribution in [3.05, 3.63) is 75.8 Å². The van der Waals surface area contributed by atoms with Gasteiger partial charge in [0.2, 0.25) is 15.9 Å². The molecular weight excluding hydrogens is 436 g/mol. The number of rotatable bonds is 8. The summed E-state index contributed by atoms with van der Waals surface area (Å²) in [4.78, 5) is 27.7. The SMILES string of the molecule is Cc1ccc(S(=O)(=O)NCc2ccc(C(=O)Nc3nc(CC(N)=O)cs3)cc2)cc1C. The van der Waals surface area contributed by atoms with E-state index >= 15 is 0 Å². The smallest absolute Gasteiger partial charge is 0.257 e. The first-order valence-electron chi connectivity index (χ1n) is 9.34. The molecule has 3 rings (SSSR count).